The van der Waals surface area contributed by atoms with Crippen molar-refractivity contribution in [1.82, 2.24) is 0 Å². The Labute approximate surface area is 106 Å². The van der Waals surface area contributed by atoms with Crippen molar-refractivity contribution in [1.29, 1.82) is 0 Å². The molecule has 0 aliphatic rings. The highest BCUT2D eigenvalue weighted by Crippen LogP contribution is 2.25. The van der Waals surface area contributed by atoms with Crippen LogP contribution in [0.5, 0.6) is 11.5 Å². The number of nitrogens with two attached hydrogens (primary N) is 1. The van der Waals surface area contributed by atoms with Crippen LogP contribution in [0.4, 0.5) is 5.69 Å². The Morgan fingerprint density at radius 1 is 1.06 bits per heavy atom. The molecule has 92 valence electrons. The summed E-state index contributed by atoms with van der Waals surface area (Å²) in [5.74, 6) is 1.33. The molecular formula is C15H15NO2. The van der Waals surface area contributed by atoms with Gasteiger partial charge >= 0.3 is 0 Å². The molecule has 0 radical (unpaired) electrons. The number of benzene rings is 2. The maximum atomic E-state index is 11.3. The van der Waals surface area contributed by atoms with E-state index in [1.807, 2.05) is 31.2 Å². The smallest absolute Gasteiger partial charge is 0.161 e. The lowest BCUT2D eigenvalue weighted by Gasteiger charge is -2.08. The Hall–Kier alpha value is -2.29. The normalized spacial score (nSPS) is 10.1. The Balaban J connectivity index is 2.22. The van der Waals surface area contributed by atoms with Gasteiger partial charge in [0.05, 0.1) is 0 Å². The lowest BCUT2D eigenvalue weighted by Crippen LogP contribution is -1.99. The van der Waals surface area contributed by atoms with Crippen LogP contribution < -0.4 is 10.5 Å². The molecular weight excluding hydrogens is 226 g/mol. The zero-order valence-electron chi connectivity index (χ0n) is 10.4. The second-order valence-electron chi connectivity index (χ2n) is 4.22. The van der Waals surface area contributed by atoms with Crippen molar-refractivity contribution < 1.29 is 9.53 Å². The van der Waals surface area contributed by atoms with Gasteiger partial charge in [-0.25, -0.2) is 0 Å². The quantitative estimate of drug-likeness (QED) is 0.660. The van der Waals surface area contributed by atoms with E-state index >= 15 is 0 Å². The third-order valence-electron chi connectivity index (χ3n) is 2.66. The van der Waals surface area contributed by atoms with Crippen LogP contribution in [0.3, 0.4) is 0 Å². The molecule has 18 heavy (non-hydrogen) atoms. The first-order valence-corrected chi connectivity index (χ1v) is 5.71. The molecule has 0 saturated heterocycles. The van der Waals surface area contributed by atoms with Crippen molar-refractivity contribution in [2.45, 2.75) is 13.8 Å². The lowest BCUT2D eigenvalue weighted by molar-refractivity contribution is 0.101. The third kappa shape index (κ3) is 2.69. The summed E-state index contributed by atoms with van der Waals surface area (Å²) < 4.78 is 5.66. The van der Waals surface area contributed by atoms with E-state index in [0.717, 1.165) is 5.75 Å². The Kier molecular flexibility index (Phi) is 3.33. The predicted octanol–water partition coefficient (Wildman–Crippen LogP) is 3.57. The molecule has 0 heterocycles. The van der Waals surface area contributed by atoms with Gasteiger partial charge in [-0.3, -0.25) is 4.79 Å². The number of aryl methyl sites for hydroxylation is 1. The highest BCUT2D eigenvalue weighted by molar-refractivity contribution is 5.99. The van der Waals surface area contributed by atoms with Gasteiger partial charge in [-0.15, -0.1) is 0 Å². The summed E-state index contributed by atoms with van der Waals surface area (Å²) in [5, 5.41) is 0. The van der Waals surface area contributed by atoms with Crippen molar-refractivity contribution in [2.24, 2.45) is 0 Å². The summed E-state index contributed by atoms with van der Waals surface area (Å²) in [6.07, 6.45) is 0. The number of rotatable bonds is 3. The molecule has 0 saturated carbocycles. The van der Waals surface area contributed by atoms with Crippen LogP contribution in [0, 0.1) is 6.92 Å². The van der Waals surface area contributed by atoms with Crippen molar-refractivity contribution in [2.75, 3.05) is 5.73 Å². The average Bonchev–Trinajstić information content (AvgIpc) is 2.32. The number of anilines is 1. The van der Waals surface area contributed by atoms with Crippen molar-refractivity contribution in [3.63, 3.8) is 0 Å². The summed E-state index contributed by atoms with van der Waals surface area (Å²) in [7, 11) is 0. The maximum Gasteiger partial charge on any atom is 0.161 e. The number of hydrogen-bond donors (Lipinski definition) is 1. The Bertz CT molecular complexity index is 574. The molecule has 2 rings (SSSR count). The molecule has 3 heteroatoms. The molecule has 0 aromatic heterocycles. The van der Waals surface area contributed by atoms with Crippen LogP contribution >= 0.6 is 0 Å². The van der Waals surface area contributed by atoms with Crippen molar-refractivity contribution in [3.8, 4) is 11.5 Å². The van der Waals surface area contributed by atoms with Gasteiger partial charge in [-0.05, 0) is 38.1 Å². The molecule has 0 bridgehead atoms. The predicted molar refractivity (Wildman–Crippen MR) is 72.1 cm³/mol. The average molecular weight is 241 g/mol. The second-order valence-corrected chi connectivity index (χ2v) is 4.22. The van der Waals surface area contributed by atoms with Gasteiger partial charge in [0.25, 0.3) is 0 Å². The number of ether oxygens (including phenoxy) is 1. The van der Waals surface area contributed by atoms with E-state index in [1.165, 1.54) is 12.5 Å². The van der Waals surface area contributed by atoms with Crippen molar-refractivity contribution >= 4 is 11.5 Å². The summed E-state index contributed by atoms with van der Waals surface area (Å²) in [6, 6.07) is 12.8. The molecule has 0 atom stereocenters. The molecule has 0 aliphatic heterocycles. The number of hydrogen-bond acceptors (Lipinski definition) is 3. The topological polar surface area (TPSA) is 52.3 Å². The molecule has 3 nitrogen and oxygen atoms in total. The van der Waals surface area contributed by atoms with E-state index in [0.29, 0.717) is 17.0 Å². The second kappa shape index (κ2) is 4.92. The number of Topliss-reactive ketones (excluding diaryl/α,β-unsaturated/α-hetero) is 1. The summed E-state index contributed by atoms with van der Waals surface area (Å²) in [5.41, 5.74) is 7.93. The van der Waals surface area contributed by atoms with E-state index in [1.54, 1.807) is 18.2 Å². The molecule has 2 aromatic carbocycles. The molecule has 0 fully saturated rings. The number of carbonyl (C=O) groups excluding carboxylic acids is 1. The maximum absolute atomic E-state index is 11.3. The van der Waals surface area contributed by atoms with Gasteiger partial charge in [-0.1, -0.05) is 17.7 Å². The number of carbonyl (C=O) groups is 1. The fraction of sp³-hybridized carbons (Fsp3) is 0.133. The van der Waals surface area contributed by atoms with Crippen LogP contribution in [0.15, 0.2) is 42.5 Å². The molecule has 0 amide bonds. The van der Waals surface area contributed by atoms with Crippen LogP contribution in [0.1, 0.15) is 22.8 Å². The largest absolute Gasteiger partial charge is 0.457 e. The summed E-state index contributed by atoms with van der Waals surface area (Å²) in [4.78, 5) is 11.3. The SMILES string of the molecule is CC(=O)c1ccc(Oc2ccc(C)cc2)cc1N. The van der Waals surface area contributed by atoms with E-state index in [2.05, 4.69) is 0 Å². The fourth-order valence-corrected chi connectivity index (χ4v) is 1.67. The first-order chi connectivity index (χ1) is 8.56. The van der Waals surface area contributed by atoms with E-state index < -0.39 is 0 Å². The van der Waals surface area contributed by atoms with E-state index in [-0.39, 0.29) is 5.78 Å². The Morgan fingerprint density at radius 2 is 1.67 bits per heavy atom. The molecule has 2 aromatic rings. The minimum Gasteiger partial charge on any atom is -0.457 e. The minimum absolute atomic E-state index is 0.0469. The zero-order chi connectivity index (χ0) is 13.1. The van der Waals surface area contributed by atoms with Gasteiger partial charge in [0, 0.05) is 17.3 Å². The van der Waals surface area contributed by atoms with E-state index in [9.17, 15) is 4.79 Å². The van der Waals surface area contributed by atoms with E-state index in [4.69, 9.17) is 10.5 Å². The number of ketones is 1. The standard InChI is InChI=1S/C15H15NO2/c1-10-3-5-12(6-4-10)18-13-7-8-14(11(2)17)15(16)9-13/h3-9H,16H2,1-2H3. The third-order valence-corrected chi connectivity index (χ3v) is 2.66. The molecule has 2 N–H and O–H groups in total. The van der Waals surface area contributed by atoms with Gasteiger partial charge in [0.1, 0.15) is 11.5 Å². The van der Waals surface area contributed by atoms with Crippen LogP contribution in [0.2, 0.25) is 0 Å². The highest BCUT2D eigenvalue weighted by atomic mass is 16.5. The fourth-order valence-electron chi connectivity index (χ4n) is 1.67. The van der Waals surface area contributed by atoms with Crippen LogP contribution in [0.25, 0.3) is 0 Å². The van der Waals surface area contributed by atoms with Gasteiger partial charge < -0.3 is 10.5 Å². The van der Waals surface area contributed by atoms with Crippen LogP contribution in [-0.4, -0.2) is 5.78 Å². The lowest BCUT2D eigenvalue weighted by atomic mass is 10.1. The number of nitrogen functional groups attached to an aromatic ring is 1. The molecule has 0 spiro atoms. The van der Waals surface area contributed by atoms with Crippen LogP contribution in [-0.2, 0) is 0 Å². The first-order valence-electron chi connectivity index (χ1n) is 5.71. The summed E-state index contributed by atoms with van der Waals surface area (Å²) in [6.45, 7) is 3.51. The Morgan fingerprint density at radius 3 is 2.22 bits per heavy atom. The first kappa shape index (κ1) is 12.2. The molecule has 0 unspecified atom stereocenters. The minimum atomic E-state index is -0.0469. The monoisotopic (exact) mass is 241 g/mol. The zero-order valence-corrected chi connectivity index (χ0v) is 10.4. The highest BCUT2D eigenvalue weighted by Gasteiger charge is 2.06. The van der Waals surface area contributed by atoms with Gasteiger partial charge in [0.2, 0.25) is 0 Å². The van der Waals surface area contributed by atoms with Crippen molar-refractivity contribution in [3.05, 3.63) is 53.6 Å². The van der Waals surface area contributed by atoms with Gasteiger partial charge in [0.15, 0.2) is 5.78 Å². The summed E-state index contributed by atoms with van der Waals surface area (Å²) >= 11 is 0. The van der Waals surface area contributed by atoms with Gasteiger partial charge in [-0.2, -0.15) is 0 Å². The molecule has 0 aliphatic carbocycles.